The van der Waals surface area contributed by atoms with E-state index in [4.69, 9.17) is 23.7 Å². The molecule has 0 bridgehead atoms. The number of Topliss-reactive ketones (excluding diaryl/α,β-unsaturated/α-hetero) is 1. The molecule has 1 aliphatic rings. The maximum Gasteiger partial charge on any atom is 0.246 e. The zero-order chi connectivity index (χ0) is 26.6. The number of aliphatic hydroxyl groups excluding tert-OH is 2. The van der Waals surface area contributed by atoms with Gasteiger partial charge in [-0.2, -0.15) is 0 Å². The maximum atomic E-state index is 12.5. The average Bonchev–Trinajstić information content (AvgIpc) is 2.78. The molecule has 1 fully saturated rings. The van der Waals surface area contributed by atoms with E-state index in [1.165, 1.54) is 14.0 Å². The minimum Gasteiger partial charge on any atom is -0.385 e. The molecule has 1 aliphatic heterocycles. The van der Waals surface area contributed by atoms with E-state index < -0.39 is 41.4 Å². The van der Waals surface area contributed by atoms with Crippen LogP contribution < -0.4 is 10.6 Å². The molecule has 0 unspecified atom stereocenters. The summed E-state index contributed by atoms with van der Waals surface area (Å²) in [5.74, 6) is -0.949. The highest BCUT2D eigenvalue weighted by molar-refractivity contribution is 5.88. The van der Waals surface area contributed by atoms with Crippen LogP contribution in [0.25, 0.3) is 0 Å². The Labute approximate surface area is 207 Å². The molecule has 0 saturated carbocycles. The topological polar surface area (TPSA) is 162 Å². The van der Waals surface area contributed by atoms with Crippen molar-refractivity contribution in [3.05, 3.63) is 0 Å². The molecule has 2 amide bonds. The Kier molecular flexibility index (Phi) is 13.2. The van der Waals surface area contributed by atoms with E-state index in [-0.39, 0.29) is 38.2 Å². The number of rotatable bonds is 16. The van der Waals surface area contributed by atoms with Crippen LogP contribution in [0.15, 0.2) is 0 Å². The standard InChI is InChI=1S/C23H42N2O10/c1-15-17(27)18(28)19(29)20(35-15)33-12-11-32-10-8-24-21(30)22(2,3)7-9-34-23(4,5)14-25-16(26)13-31-6/h15,18-20,28-29H,7-14H2,1-6H3,(H,24,30)(H,25,26)/t15-,18+,19+,20+/m0/s1. The normalized spacial score (nSPS) is 23.3. The molecule has 0 spiro atoms. The van der Waals surface area contributed by atoms with Crippen molar-refractivity contribution in [2.45, 2.75) is 71.2 Å². The number of ether oxygens (including phenoxy) is 5. The molecule has 4 N–H and O–H groups in total. The molecule has 35 heavy (non-hydrogen) atoms. The summed E-state index contributed by atoms with van der Waals surface area (Å²) < 4.78 is 26.6. The number of amides is 2. The largest absolute Gasteiger partial charge is 0.385 e. The molecule has 1 heterocycles. The van der Waals surface area contributed by atoms with Crippen LogP contribution in [0.1, 0.15) is 41.0 Å². The fourth-order valence-corrected chi connectivity index (χ4v) is 3.09. The van der Waals surface area contributed by atoms with Gasteiger partial charge in [-0.3, -0.25) is 14.4 Å². The second-order valence-corrected chi connectivity index (χ2v) is 9.68. The average molecular weight is 507 g/mol. The molecule has 1 saturated heterocycles. The molecule has 12 nitrogen and oxygen atoms in total. The summed E-state index contributed by atoms with van der Waals surface area (Å²) in [5.41, 5.74) is -1.25. The third-order valence-electron chi connectivity index (χ3n) is 5.50. The molecule has 1 rings (SSSR count). The molecule has 4 atom stereocenters. The lowest BCUT2D eigenvalue weighted by atomic mass is 9.88. The smallest absolute Gasteiger partial charge is 0.246 e. The van der Waals surface area contributed by atoms with Crippen LogP contribution in [0.4, 0.5) is 0 Å². The fraction of sp³-hybridized carbons (Fsp3) is 0.870. The Morgan fingerprint density at radius 1 is 1.06 bits per heavy atom. The molecule has 0 aromatic rings. The van der Waals surface area contributed by atoms with Crippen LogP contribution in [0.5, 0.6) is 0 Å². The van der Waals surface area contributed by atoms with E-state index in [1.54, 1.807) is 0 Å². The van der Waals surface area contributed by atoms with Gasteiger partial charge in [0.2, 0.25) is 11.8 Å². The number of ketones is 1. The van der Waals surface area contributed by atoms with Gasteiger partial charge in [0.15, 0.2) is 12.1 Å². The Morgan fingerprint density at radius 2 is 1.74 bits per heavy atom. The fourth-order valence-electron chi connectivity index (χ4n) is 3.09. The molecular weight excluding hydrogens is 464 g/mol. The van der Waals surface area contributed by atoms with Crippen molar-refractivity contribution >= 4 is 17.6 Å². The van der Waals surface area contributed by atoms with Gasteiger partial charge in [-0.15, -0.1) is 0 Å². The summed E-state index contributed by atoms with van der Waals surface area (Å²) in [4.78, 5) is 35.6. The molecule has 0 aliphatic carbocycles. The summed E-state index contributed by atoms with van der Waals surface area (Å²) in [5, 5.41) is 25.1. The van der Waals surface area contributed by atoms with Gasteiger partial charge in [0.1, 0.15) is 24.9 Å². The monoisotopic (exact) mass is 506 g/mol. The number of hydrogen-bond donors (Lipinski definition) is 4. The van der Waals surface area contributed by atoms with Crippen LogP contribution in [-0.4, -0.2) is 111 Å². The zero-order valence-electron chi connectivity index (χ0n) is 21.6. The first-order valence-corrected chi connectivity index (χ1v) is 11.7. The van der Waals surface area contributed by atoms with Gasteiger partial charge < -0.3 is 44.5 Å². The lowest BCUT2D eigenvalue weighted by Gasteiger charge is -2.34. The number of aliphatic hydroxyl groups is 2. The van der Waals surface area contributed by atoms with Gasteiger partial charge in [0.05, 0.1) is 25.4 Å². The van der Waals surface area contributed by atoms with Crippen LogP contribution >= 0.6 is 0 Å². The summed E-state index contributed by atoms with van der Waals surface area (Å²) in [6.45, 7) is 10.3. The predicted molar refractivity (Wildman–Crippen MR) is 124 cm³/mol. The molecule has 0 radical (unpaired) electrons. The summed E-state index contributed by atoms with van der Waals surface area (Å²) in [6.07, 6.45) is -4.49. The number of nitrogens with one attached hydrogen (secondary N) is 2. The third kappa shape index (κ3) is 11.3. The highest BCUT2D eigenvalue weighted by atomic mass is 16.7. The number of hydrogen-bond acceptors (Lipinski definition) is 10. The second kappa shape index (κ2) is 14.8. The summed E-state index contributed by atoms with van der Waals surface area (Å²) in [7, 11) is 1.45. The minimum absolute atomic E-state index is 0.0103. The first kappa shape index (κ1) is 31.4. The van der Waals surface area contributed by atoms with Gasteiger partial charge in [-0.05, 0) is 27.2 Å². The first-order chi connectivity index (χ1) is 16.3. The van der Waals surface area contributed by atoms with Crippen LogP contribution in [0.2, 0.25) is 0 Å². The maximum absolute atomic E-state index is 12.5. The predicted octanol–water partition coefficient (Wildman–Crippen LogP) is -0.854. The number of carbonyl (C=O) groups excluding carboxylic acids is 3. The van der Waals surface area contributed by atoms with E-state index in [2.05, 4.69) is 10.6 Å². The Balaban J connectivity index is 2.19. The highest BCUT2D eigenvalue weighted by Gasteiger charge is 2.42. The van der Waals surface area contributed by atoms with Crippen molar-refractivity contribution in [1.29, 1.82) is 0 Å². The third-order valence-corrected chi connectivity index (χ3v) is 5.50. The van der Waals surface area contributed by atoms with E-state index in [0.717, 1.165) is 0 Å². The van der Waals surface area contributed by atoms with Crippen molar-refractivity contribution < 1.29 is 48.3 Å². The first-order valence-electron chi connectivity index (χ1n) is 11.7. The molecule has 0 aromatic carbocycles. The number of carbonyl (C=O) groups is 3. The van der Waals surface area contributed by atoms with Crippen LogP contribution in [-0.2, 0) is 38.1 Å². The molecule has 204 valence electrons. The second-order valence-electron chi connectivity index (χ2n) is 9.68. The minimum atomic E-state index is -1.54. The number of methoxy groups -OCH3 is 1. The van der Waals surface area contributed by atoms with E-state index in [9.17, 15) is 24.6 Å². The van der Waals surface area contributed by atoms with Gasteiger partial charge in [0, 0.05) is 32.2 Å². The van der Waals surface area contributed by atoms with E-state index >= 15 is 0 Å². The van der Waals surface area contributed by atoms with Crippen molar-refractivity contribution in [1.82, 2.24) is 10.6 Å². The van der Waals surface area contributed by atoms with E-state index in [0.29, 0.717) is 26.1 Å². The molecule has 12 heteroatoms. The zero-order valence-corrected chi connectivity index (χ0v) is 21.6. The summed E-state index contributed by atoms with van der Waals surface area (Å²) in [6, 6.07) is 0. The Morgan fingerprint density at radius 3 is 2.40 bits per heavy atom. The van der Waals surface area contributed by atoms with Crippen molar-refractivity contribution in [3.8, 4) is 0 Å². The Hall–Kier alpha value is -1.67. The summed E-state index contributed by atoms with van der Waals surface area (Å²) >= 11 is 0. The quantitative estimate of drug-likeness (QED) is 0.194. The lowest BCUT2D eigenvalue weighted by Crippen LogP contribution is -2.55. The van der Waals surface area contributed by atoms with Gasteiger partial charge >= 0.3 is 0 Å². The molecule has 0 aromatic heterocycles. The van der Waals surface area contributed by atoms with Crippen molar-refractivity contribution in [3.63, 3.8) is 0 Å². The van der Waals surface area contributed by atoms with Crippen molar-refractivity contribution in [2.75, 3.05) is 53.2 Å². The Bertz CT molecular complexity index is 685. The molecular formula is C23H42N2O10. The van der Waals surface area contributed by atoms with Gasteiger partial charge in [0.25, 0.3) is 0 Å². The SMILES string of the molecule is COCC(=O)NCC(C)(C)OCCC(C)(C)C(=O)NCCOCCO[C@@H]1O[C@@H](C)C(=O)[C@@H](O)[C@H]1O. The van der Waals surface area contributed by atoms with Crippen LogP contribution in [0, 0.1) is 5.41 Å². The lowest BCUT2D eigenvalue weighted by molar-refractivity contribution is -0.253. The van der Waals surface area contributed by atoms with Gasteiger partial charge in [-0.25, -0.2) is 0 Å². The van der Waals surface area contributed by atoms with Gasteiger partial charge in [-0.1, -0.05) is 13.8 Å². The van der Waals surface area contributed by atoms with Crippen molar-refractivity contribution in [2.24, 2.45) is 5.41 Å². The van der Waals surface area contributed by atoms with E-state index in [1.807, 2.05) is 27.7 Å². The highest BCUT2D eigenvalue weighted by Crippen LogP contribution is 2.22. The van der Waals surface area contributed by atoms with Crippen LogP contribution in [0.3, 0.4) is 0 Å².